The molecule has 0 fully saturated rings. The Kier molecular flexibility index (Phi) is 3.40. The van der Waals surface area contributed by atoms with Crippen LogP contribution in [0.25, 0.3) is 11.0 Å². The van der Waals surface area contributed by atoms with Crippen molar-refractivity contribution in [1.82, 2.24) is 29.5 Å². The van der Waals surface area contributed by atoms with Gasteiger partial charge in [0.2, 0.25) is 5.95 Å². The zero-order valence-corrected chi connectivity index (χ0v) is 13.5. The summed E-state index contributed by atoms with van der Waals surface area (Å²) in [5, 5.41) is 9.38. The van der Waals surface area contributed by atoms with E-state index in [9.17, 15) is 4.79 Å². The van der Waals surface area contributed by atoms with E-state index in [1.54, 1.807) is 23.5 Å². The van der Waals surface area contributed by atoms with Gasteiger partial charge >= 0.3 is 0 Å². The highest BCUT2D eigenvalue weighted by atomic mass is 35.5. The van der Waals surface area contributed by atoms with Crippen molar-refractivity contribution in [2.45, 2.75) is 13.5 Å². The Morgan fingerprint density at radius 1 is 1.36 bits per heavy atom. The summed E-state index contributed by atoms with van der Waals surface area (Å²) in [6, 6.07) is 0. The van der Waals surface area contributed by atoms with E-state index in [2.05, 4.69) is 20.2 Å². The Morgan fingerprint density at radius 3 is 2.73 bits per heavy atom. The van der Waals surface area contributed by atoms with Crippen LogP contribution in [0.1, 0.15) is 11.3 Å². The molecule has 0 aromatic carbocycles. The number of anilines is 1. The SMILES string of the molecule is Cc1nn(C)c(Cl)c1CN(C)c1nc2c(cnn2C)c(=O)[nH]1. The zero-order chi connectivity index (χ0) is 16.0. The maximum Gasteiger partial charge on any atom is 0.263 e. The van der Waals surface area contributed by atoms with Gasteiger partial charge in [0.25, 0.3) is 5.56 Å². The molecule has 1 N–H and O–H groups in total. The topological polar surface area (TPSA) is 84.6 Å². The first-order chi connectivity index (χ1) is 10.4. The van der Waals surface area contributed by atoms with Gasteiger partial charge in [-0.1, -0.05) is 11.6 Å². The molecule has 0 radical (unpaired) electrons. The lowest BCUT2D eigenvalue weighted by molar-refractivity contribution is 0.757. The first kappa shape index (κ1) is 14.6. The number of aromatic nitrogens is 6. The zero-order valence-electron chi connectivity index (χ0n) is 12.8. The summed E-state index contributed by atoms with van der Waals surface area (Å²) in [7, 11) is 5.38. The van der Waals surface area contributed by atoms with Crippen LogP contribution in [0.3, 0.4) is 0 Å². The number of halogens is 1. The standard InChI is InChI=1S/C13H16ClN7O/c1-7-9(10(14)20(3)18-7)6-19(2)13-16-11-8(12(22)17-13)5-15-21(11)4/h5H,6H2,1-4H3,(H,16,17,22). The van der Waals surface area contributed by atoms with E-state index in [0.717, 1.165) is 11.3 Å². The highest BCUT2D eigenvalue weighted by Crippen LogP contribution is 2.21. The summed E-state index contributed by atoms with van der Waals surface area (Å²) in [5.41, 5.74) is 2.08. The molecule has 0 amide bonds. The number of nitrogens with zero attached hydrogens (tertiary/aromatic N) is 6. The highest BCUT2D eigenvalue weighted by Gasteiger charge is 2.16. The van der Waals surface area contributed by atoms with Crippen LogP contribution in [0.15, 0.2) is 11.0 Å². The van der Waals surface area contributed by atoms with Crippen LogP contribution < -0.4 is 10.5 Å². The van der Waals surface area contributed by atoms with Crippen LogP contribution >= 0.6 is 11.6 Å². The fourth-order valence-corrected chi connectivity index (χ4v) is 2.60. The molecule has 0 bridgehead atoms. The maximum absolute atomic E-state index is 12.1. The second kappa shape index (κ2) is 5.13. The average molecular weight is 322 g/mol. The van der Waals surface area contributed by atoms with Gasteiger partial charge in [-0.15, -0.1) is 0 Å². The Bertz CT molecular complexity index is 907. The van der Waals surface area contributed by atoms with Crippen molar-refractivity contribution in [3.05, 3.63) is 33.0 Å². The van der Waals surface area contributed by atoms with Crippen molar-refractivity contribution < 1.29 is 0 Å². The number of rotatable bonds is 3. The molecule has 0 spiro atoms. The van der Waals surface area contributed by atoms with E-state index in [-0.39, 0.29) is 5.56 Å². The molecule has 0 saturated carbocycles. The third-order valence-electron chi connectivity index (χ3n) is 3.62. The van der Waals surface area contributed by atoms with Gasteiger partial charge < -0.3 is 4.90 Å². The summed E-state index contributed by atoms with van der Waals surface area (Å²) in [4.78, 5) is 21.1. The van der Waals surface area contributed by atoms with Crippen molar-refractivity contribution >= 4 is 28.6 Å². The molecule has 3 rings (SSSR count). The Hall–Kier alpha value is -2.35. The number of hydrogen-bond acceptors (Lipinski definition) is 5. The molecule has 22 heavy (non-hydrogen) atoms. The van der Waals surface area contributed by atoms with Crippen LogP contribution in [0.5, 0.6) is 0 Å². The minimum absolute atomic E-state index is 0.214. The first-order valence-corrected chi connectivity index (χ1v) is 7.07. The second-order valence-electron chi connectivity index (χ2n) is 5.23. The average Bonchev–Trinajstić information content (AvgIpc) is 2.95. The lowest BCUT2D eigenvalue weighted by atomic mass is 10.2. The van der Waals surface area contributed by atoms with Gasteiger partial charge in [0, 0.05) is 26.7 Å². The highest BCUT2D eigenvalue weighted by molar-refractivity contribution is 6.30. The third-order valence-corrected chi connectivity index (χ3v) is 4.09. The molecule has 0 unspecified atom stereocenters. The largest absolute Gasteiger partial charge is 0.341 e. The van der Waals surface area contributed by atoms with E-state index < -0.39 is 0 Å². The molecule has 0 aliphatic heterocycles. The van der Waals surface area contributed by atoms with Crippen LogP contribution in [-0.4, -0.2) is 36.6 Å². The van der Waals surface area contributed by atoms with Crippen molar-refractivity contribution in [3.63, 3.8) is 0 Å². The lowest BCUT2D eigenvalue weighted by Crippen LogP contribution is -2.23. The van der Waals surface area contributed by atoms with Crippen molar-refractivity contribution in [1.29, 1.82) is 0 Å². The van der Waals surface area contributed by atoms with Crippen LogP contribution in [-0.2, 0) is 20.6 Å². The van der Waals surface area contributed by atoms with Gasteiger partial charge in [-0.3, -0.25) is 19.1 Å². The van der Waals surface area contributed by atoms with Gasteiger partial charge in [-0.2, -0.15) is 15.2 Å². The quantitative estimate of drug-likeness (QED) is 0.777. The van der Waals surface area contributed by atoms with Gasteiger partial charge in [0.1, 0.15) is 10.5 Å². The van der Waals surface area contributed by atoms with Crippen LogP contribution in [0.4, 0.5) is 5.95 Å². The van der Waals surface area contributed by atoms with Crippen molar-refractivity contribution in [2.24, 2.45) is 14.1 Å². The number of nitrogens with one attached hydrogen (secondary N) is 1. The summed E-state index contributed by atoms with van der Waals surface area (Å²) < 4.78 is 3.20. The second-order valence-corrected chi connectivity index (χ2v) is 5.59. The Labute approximate surface area is 131 Å². The van der Waals surface area contributed by atoms with Gasteiger partial charge in [-0.05, 0) is 6.92 Å². The number of aryl methyl sites for hydroxylation is 3. The molecular weight excluding hydrogens is 306 g/mol. The van der Waals surface area contributed by atoms with E-state index in [1.807, 2.05) is 18.9 Å². The molecular formula is C13H16ClN7O. The molecule has 3 heterocycles. The van der Waals surface area contributed by atoms with Crippen molar-refractivity contribution in [2.75, 3.05) is 11.9 Å². The van der Waals surface area contributed by atoms with Crippen LogP contribution in [0, 0.1) is 6.92 Å². The Balaban J connectivity index is 2.00. The molecule has 3 aromatic heterocycles. The summed E-state index contributed by atoms with van der Waals surface area (Å²) in [6.07, 6.45) is 1.51. The lowest BCUT2D eigenvalue weighted by Gasteiger charge is -2.17. The minimum atomic E-state index is -0.214. The van der Waals surface area contributed by atoms with Gasteiger partial charge in [0.05, 0.1) is 18.4 Å². The first-order valence-electron chi connectivity index (χ1n) is 6.69. The molecule has 0 saturated heterocycles. The van der Waals surface area contributed by atoms with E-state index >= 15 is 0 Å². The number of hydrogen-bond donors (Lipinski definition) is 1. The number of fused-ring (bicyclic) bond motifs is 1. The number of H-pyrrole nitrogens is 1. The molecule has 116 valence electrons. The summed E-state index contributed by atoms with van der Waals surface area (Å²) in [6.45, 7) is 2.39. The molecule has 3 aromatic rings. The maximum atomic E-state index is 12.1. The fourth-order valence-electron chi connectivity index (χ4n) is 2.37. The predicted molar refractivity (Wildman–Crippen MR) is 84.2 cm³/mol. The van der Waals surface area contributed by atoms with Crippen LogP contribution in [0.2, 0.25) is 5.15 Å². The summed E-state index contributed by atoms with van der Waals surface area (Å²) in [5.74, 6) is 0.459. The molecule has 0 aliphatic carbocycles. The number of aromatic amines is 1. The van der Waals surface area contributed by atoms with Gasteiger partial charge in [0.15, 0.2) is 5.65 Å². The summed E-state index contributed by atoms with van der Waals surface area (Å²) >= 11 is 6.25. The molecule has 8 nitrogen and oxygen atoms in total. The molecule has 0 aliphatic rings. The van der Waals surface area contributed by atoms with E-state index in [0.29, 0.717) is 28.7 Å². The Morgan fingerprint density at radius 2 is 2.09 bits per heavy atom. The predicted octanol–water partition coefficient (Wildman–Crippen LogP) is 0.988. The molecule has 9 heteroatoms. The van der Waals surface area contributed by atoms with Crippen molar-refractivity contribution in [3.8, 4) is 0 Å². The van der Waals surface area contributed by atoms with E-state index in [1.165, 1.54) is 6.20 Å². The normalized spacial score (nSPS) is 11.3. The minimum Gasteiger partial charge on any atom is -0.341 e. The van der Waals surface area contributed by atoms with E-state index in [4.69, 9.17) is 11.6 Å². The van der Waals surface area contributed by atoms with Gasteiger partial charge in [-0.25, -0.2) is 0 Å². The fraction of sp³-hybridized carbons (Fsp3) is 0.385. The smallest absolute Gasteiger partial charge is 0.263 e. The monoisotopic (exact) mass is 321 g/mol. The third kappa shape index (κ3) is 2.25. The molecule has 0 atom stereocenters.